The standard InChI is InChI=1S/C15H23N3O/c1-12-5-8-17-10-13(12)11-18-14(19)9-15(16)6-3-2-4-7-15/h5,8,10H,2-4,6-7,9,11,16H2,1H3,(H,18,19). The molecule has 4 nitrogen and oxygen atoms in total. The Hall–Kier alpha value is -1.42. The molecule has 104 valence electrons. The molecule has 3 N–H and O–H groups in total. The van der Waals surface area contributed by atoms with Crippen molar-refractivity contribution in [3.8, 4) is 0 Å². The van der Waals surface area contributed by atoms with Gasteiger partial charge in [0.25, 0.3) is 0 Å². The third-order valence-electron chi connectivity index (χ3n) is 3.99. The molecule has 4 heteroatoms. The summed E-state index contributed by atoms with van der Waals surface area (Å²) in [7, 11) is 0. The molecule has 2 rings (SSSR count). The van der Waals surface area contributed by atoms with Crippen molar-refractivity contribution in [2.45, 2.75) is 57.5 Å². The topological polar surface area (TPSA) is 68.0 Å². The van der Waals surface area contributed by atoms with E-state index < -0.39 is 0 Å². The van der Waals surface area contributed by atoms with Gasteiger partial charge in [-0.3, -0.25) is 9.78 Å². The second kappa shape index (κ2) is 6.15. The van der Waals surface area contributed by atoms with Gasteiger partial charge in [0.15, 0.2) is 0 Å². The first-order valence-electron chi connectivity index (χ1n) is 7.04. The highest BCUT2D eigenvalue weighted by Gasteiger charge is 2.29. The van der Waals surface area contributed by atoms with E-state index in [0.29, 0.717) is 13.0 Å². The summed E-state index contributed by atoms with van der Waals surface area (Å²) in [6, 6.07) is 1.95. The molecule has 1 aromatic heterocycles. The maximum absolute atomic E-state index is 12.0. The van der Waals surface area contributed by atoms with Gasteiger partial charge in [-0.1, -0.05) is 19.3 Å². The van der Waals surface area contributed by atoms with Gasteiger partial charge < -0.3 is 11.1 Å². The summed E-state index contributed by atoms with van der Waals surface area (Å²) in [5.74, 6) is 0.0488. The van der Waals surface area contributed by atoms with Crippen LogP contribution in [-0.4, -0.2) is 16.4 Å². The maximum atomic E-state index is 12.0. The molecule has 0 bridgehead atoms. The Balaban J connectivity index is 1.83. The van der Waals surface area contributed by atoms with Crippen LogP contribution in [0, 0.1) is 6.92 Å². The van der Waals surface area contributed by atoms with Crippen LogP contribution in [0.1, 0.15) is 49.7 Å². The van der Waals surface area contributed by atoms with E-state index >= 15 is 0 Å². The smallest absolute Gasteiger partial charge is 0.222 e. The average Bonchev–Trinajstić information content (AvgIpc) is 2.38. The fraction of sp³-hybridized carbons (Fsp3) is 0.600. The second-order valence-corrected chi connectivity index (χ2v) is 5.68. The largest absolute Gasteiger partial charge is 0.352 e. The first-order valence-corrected chi connectivity index (χ1v) is 7.04. The molecule has 0 saturated heterocycles. The summed E-state index contributed by atoms with van der Waals surface area (Å²) in [6.07, 6.45) is 9.46. The first kappa shape index (κ1) is 14.0. The summed E-state index contributed by atoms with van der Waals surface area (Å²) in [5.41, 5.74) is 8.21. The molecule has 0 atom stereocenters. The molecule has 0 unspecified atom stereocenters. The van der Waals surface area contributed by atoms with Gasteiger partial charge in [-0.2, -0.15) is 0 Å². The molecule has 19 heavy (non-hydrogen) atoms. The Labute approximate surface area is 114 Å². The number of hydrogen-bond acceptors (Lipinski definition) is 3. The molecular weight excluding hydrogens is 238 g/mol. The minimum Gasteiger partial charge on any atom is -0.352 e. The predicted molar refractivity (Wildman–Crippen MR) is 75.4 cm³/mol. The van der Waals surface area contributed by atoms with Crippen LogP contribution in [0.4, 0.5) is 0 Å². The van der Waals surface area contributed by atoms with Crippen LogP contribution in [-0.2, 0) is 11.3 Å². The normalized spacial score (nSPS) is 18.0. The monoisotopic (exact) mass is 261 g/mol. The summed E-state index contributed by atoms with van der Waals surface area (Å²) >= 11 is 0. The molecule has 1 heterocycles. The van der Waals surface area contributed by atoms with E-state index in [4.69, 9.17) is 5.73 Å². The molecule has 0 aliphatic heterocycles. The van der Waals surface area contributed by atoms with E-state index in [0.717, 1.165) is 36.8 Å². The number of aromatic nitrogens is 1. The Morgan fingerprint density at radius 2 is 2.16 bits per heavy atom. The summed E-state index contributed by atoms with van der Waals surface area (Å²) in [6.45, 7) is 2.56. The number of nitrogens with one attached hydrogen (secondary N) is 1. The van der Waals surface area contributed by atoms with Crippen LogP contribution in [0.5, 0.6) is 0 Å². The van der Waals surface area contributed by atoms with E-state index in [1.807, 2.05) is 13.0 Å². The lowest BCUT2D eigenvalue weighted by molar-refractivity contribution is -0.122. The number of pyridine rings is 1. The third kappa shape index (κ3) is 4.03. The molecule has 1 saturated carbocycles. The lowest BCUT2D eigenvalue weighted by atomic mass is 9.80. The van der Waals surface area contributed by atoms with Crippen molar-refractivity contribution in [1.82, 2.24) is 10.3 Å². The summed E-state index contributed by atoms with van der Waals surface area (Å²) in [5, 5.41) is 2.95. The van der Waals surface area contributed by atoms with E-state index in [1.165, 1.54) is 6.42 Å². The minimum absolute atomic E-state index is 0.0488. The van der Waals surface area contributed by atoms with Gasteiger partial charge in [0.1, 0.15) is 0 Å². The SMILES string of the molecule is Cc1ccncc1CNC(=O)CC1(N)CCCCC1. The van der Waals surface area contributed by atoms with Crippen molar-refractivity contribution >= 4 is 5.91 Å². The third-order valence-corrected chi connectivity index (χ3v) is 3.99. The number of amides is 1. The highest BCUT2D eigenvalue weighted by molar-refractivity contribution is 5.77. The first-order chi connectivity index (χ1) is 9.09. The molecule has 1 aliphatic carbocycles. The van der Waals surface area contributed by atoms with Crippen LogP contribution in [0.3, 0.4) is 0 Å². The quantitative estimate of drug-likeness (QED) is 0.871. The Morgan fingerprint density at radius 1 is 1.42 bits per heavy atom. The number of aryl methyl sites for hydroxylation is 1. The number of carbonyl (C=O) groups is 1. The maximum Gasteiger partial charge on any atom is 0.222 e. The van der Waals surface area contributed by atoms with Crippen molar-refractivity contribution < 1.29 is 4.79 Å². The predicted octanol–water partition coefficient (Wildman–Crippen LogP) is 2.06. The van der Waals surface area contributed by atoms with Gasteiger partial charge >= 0.3 is 0 Å². The van der Waals surface area contributed by atoms with Crippen molar-refractivity contribution in [2.24, 2.45) is 5.73 Å². The van der Waals surface area contributed by atoms with E-state index in [1.54, 1.807) is 12.4 Å². The van der Waals surface area contributed by atoms with Gasteiger partial charge in [-0.25, -0.2) is 0 Å². The Bertz CT molecular complexity index is 439. The average molecular weight is 261 g/mol. The number of rotatable bonds is 4. The summed E-state index contributed by atoms with van der Waals surface area (Å²) in [4.78, 5) is 16.1. The van der Waals surface area contributed by atoms with Crippen LogP contribution in [0.2, 0.25) is 0 Å². The zero-order valence-electron chi connectivity index (χ0n) is 11.6. The molecule has 0 spiro atoms. The molecule has 1 amide bonds. The summed E-state index contributed by atoms with van der Waals surface area (Å²) < 4.78 is 0. The zero-order valence-corrected chi connectivity index (χ0v) is 11.6. The lowest BCUT2D eigenvalue weighted by Gasteiger charge is -2.32. The number of nitrogens with zero attached hydrogens (tertiary/aromatic N) is 1. The molecule has 1 aromatic rings. The Morgan fingerprint density at radius 3 is 2.84 bits per heavy atom. The fourth-order valence-corrected chi connectivity index (χ4v) is 2.69. The van der Waals surface area contributed by atoms with Crippen LogP contribution < -0.4 is 11.1 Å². The highest BCUT2D eigenvalue weighted by Crippen LogP contribution is 2.28. The number of hydrogen-bond donors (Lipinski definition) is 2. The Kier molecular flexibility index (Phi) is 4.53. The molecule has 1 fully saturated rings. The van der Waals surface area contributed by atoms with E-state index in [-0.39, 0.29) is 11.4 Å². The number of nitrogens with two attached hydrogens (primary N) is 1. The van der Waals surface area contributed by atoms with Gasteiger partial charge in [0.2, 0.25) is 5.91 Å². The van der Waals surface area contributed by atoms with Gasteiger partial charge in [0.05, 0.1) is 0 Å². The molecular formula is C15H23N3O. The van der Waals surface area contributed by atoms with Crippen LogP contribution in [0.15, 0.2) is 18.5 Å². The zero-order chi connectivity index (χ0) is 13.7. The fourth-order valence-electron chi connectivity index (χ4n) is 2.69. The molecule has 0 aromatic carbocycles. The van der Waals surface area contributed by atoms with E-state index in [9.17, 15) is 4.79 Å². The van der Waals surface area contributed by atoms with Crippen molar-refractivity contribution in [3.05, 3.63) is 29.6 Å². The van der Waals surface area contributed by atoms with Gasteiger partial charge in [-0.15, -0.1) is 0 Å². The minimum atomic E-state index is -0.285. The number of carbonyl (C=O) groups excluding carboxylic acids is 1. The molecule has 0 radical (unpaired) electrons. The van der Waals surface area contributed by atoms with Crippen LogP contribution >= 0.6 is 0 Å². The lowest BCUT2D eigenvalue weighted by Crippen LogP contribution is -2.45. The van der Waals surface area contributed by atoms with Crippen molar-refractivity contribution in [2.75, 3.05) is 0 Å². The van der Waals surface area contributed by atoms with Gasteiger partial charge in [0, 0.05) is 30.9 Å². The van der Waals surface area contributed by atoms with Crippen molar-refractivity contribution in [3.63, 3.8) is 0 Å². The second-order valence-electron chi connectivity index (χ2n) is 5.68. The van der Waals surface area contributed by atoms with Crippen LogP contribution in [0.25, 0.3) is 0 Å². The van der Waals surface area contributed by atoms with E-state index in [2.05, 4.69) is 10.3 Å². The van der Waals surface area contributed by atoms with Crippen molar-refractivity contribution in [1.29, 1.82) is 0 Å². The van der Waals surface area contributed by atoms with Gasteiger partial charge in [-0.05, 0) is 37.0 Å². The highest BCUT2D eigenvalue weighted by atomic mass is 16.1. The molecule has 1 aliphatic rings.